The Bertz CT molecular complexity index is 855. The second-order valence-electron chi connectivity index (χ2n) is 7.07. The van der Waals surface area contributed by atoms with E-state index in [9.17, 15) is 19.5 Å². The molecule has 31 heavy (non-hydrogen) atoms. The highest BCUT2D eigenvalue weighted by Crippen LogP contribution is 2.07. The van der Waals surface area contributed by atoms with Gasteiger partial charge in [0.25, 0.3) is 0 Å². The Labute approximate surface area is 182 Å². The van der Waals surface area contributed by atoms with Gasteiger partial charge in [-0.15, -0.1) is 6.58 Å². The van der Waals surface area contributed by atoms with Gasteiger partial charge in [-0.3, -0.25) is 4.79 Å². The first-order valence-electron chi connectivity index (χ1n) is 10.1. The van der Waals surface area contributed by atoms with Gasteiger partial charge in [-0.1, -0.05) is 66.7 Å². The van der Waals surface area contributed by atoms with E-state index in [1.54, 1.807) is 6.08 Å². The number of benzene rings is 2. The van der Waals surface area contributed by atoms with Crippen molar-refractivity contribution in [3.05, 3.63) is 84.4 Å². The quantitative estimate of drug-likeness (QED) is 0.358. The number of carbonyl (C=O) groups is 3. The van der Waals surface area contributed by atoms with Crippen molar-refractivity contribution in [3.63, 3.8) is 0 Å². The molecule has 0 bridgehead atoms. The van der Waals surface area contributed by atoms with Gasteiger partial charge < -0.3 is 20.5 Å². The third kappa shape index (κ3) is 8.74. The van der Waals surface area contributed by atoms with Crippen LogP contribution in [0.4, 0.5) is 4.79 Å². The van der Waals surface area contributed by atoms with E-state index in [2.05, 4.69) is 17.2 Å². The molecule has 2 aromatic carbocycles. The minimum atomic E-state index is -1.12. The zero-order chi connectivity index (χ0) is 22.5. The summed E-state index contributed by atoms with van der Waals surface area (Å²) in [5.41, 5.74) is 1.64. The fraction of sp³-hybridized carbons (Fsp3) is 0.292. The van der Waals surface area contributed by atoms with E-state index in [4.69, 9.17) is 4.74 Å². The predicted octanol–water partition coefficient (Wildman–Crippen LogP) is 3.45. The smallest absolute Gasteiger partial charge is 0.408 e. The summed E-state index contributed by atoms with van der Waals surface area (Å²) < 4.78 is 5.22. The standard InChI is InChI=1S/C24H28N2O5/c1-2-3-6-15-20(23(28)29)25-22(27)21(16-18-11-7-4-8-12-18)26-24(30)31-17-19-13-9-5-10-14-19/h2,4-5,7-14,20-21H,1,3,6,15-17H2,(H,25,27)(H,26,30)(H,28,29)/t20-,21-/m0/s1. The monoisotopic (exact) mass is 424 g/mol. The topological polar surface area (TPSA) is 105 Å². The number of carboxylic acid groups (broad SMARTS) is 1. The second kappa shape index (κ2) is 12.8. The highest BCUT2D eigenvalue weighted by Gasteiger charge is 2.27. The summed E-state index contributed by atoms with van der Waals surface area (Å²) >= 11 is 0. The molecule has 2 amide bonds. The molecule has 2 rings (SSSR count). The Morgan fingerprint density at radius 2 is 1.55 bits per heavy atom. The fourth-order valence-electron chi connectivity index (χ4n) is 2.96. The van der Waals surface area contributed by atoms with Crippen molar-refractivity contribution in [1.29, 1.82) is 0 Å². The Hall–Kier alpha value is -3.61. The number of hydrogen-bond acceptors (Lipinski definition) is 4. The summed E-state index contributed by atoms with van der Waals surface area (Å²) in [6.45, 7) is 3.68. The van der Waals surface area contributed by atoms with Gasteiger partial charge >= 0.3 is 12.1 Å². The number of carboxylic acids is 1. The van der Waals surface area contributed by atoms with E-state index in [-0.39, 0.29) is 19.4 Å². The van der Waals surface area contributed by atoms with Crippen LogP contribution in [0.2, 0.25) is 0 Å². The Balaban J connectivity index is 2.03. The lowest BCUT2D eigenvalue weighted by Crippen LogP contribution is -2.52. The van der Waals surface area contributed by atoms with Gasteiger partial charge in [0.15, 0.2) is 0 Å². The summed E-state index contributed by atoms with van der Waals surface area (Å²) in [6.07, 6.45) is 2.64. The summed E-state index contributed by atoms with van der Waals surface area (Å²) in [7, 11) is 0. The molecule has 0 saturated heterocycles. The number of amides is 2. The third-order valence-corrected chi connectivity index (χ3v) is 4.62. The van der Waals surface area contributed by atoms with Crippen molar-refractivity contribution in [1.82, 2.24) is 10.6 Å². The summed E-state index contributed by atoms with van der Waals surface area (Å²) in [5, 5.41) is 14.5. The zero-order valence-electron chi connectivity index (χ0n) is 17.3. The van der Waals surface area contributed by atoms with E-state index in [1.165, 1.54) is 0 Å². The maximum atomic E-state index is 12.8. The van der Waals surface area contributed by atoms with Crippen LogP contribution < -0.4 is 10.6 Å². The van der Waals surface area contributed by atoms with E-state index in [0.717, 1.165) is 11.1 Å². The molecular formula is C24H28N2O5. The average molecular weight is 424 g/mol. The number of aliphatic carboxylic acids is 1. The van der Waals surface area contributed by atoms with Crippen molar-refractivity contribution in [2.45, 2.75) is 44.4 Å². The molecule has 0 aromatic heterocycles. The van der Waals surface area contributed by atoms with Crippen LogP contribution in [0, 0.1) is 0 Å². The predicted molar refractivity (Wildman–Crippen MR) is 117 cm³/mol. The van der Waals surface area contributed by atoms with Crippen LogP contribution in [0.3, 0.4) is 0 Å². The first-order valence-corrected chi connectivity index (χ1v) is 10.1. The largest absolute Gasteiger partial charge is 0.480 e. The molecule has 0 heterocycles. The zero-order valence-corrected chi connectivity index (χ0v) is 17.3. The molecule has 0 unspecified atom stereocenters. The fourth-order valence-corrected chi connectivity index (χ4v) is 2.96. The Morgan fingerprint density at radius 3 is 2.13 bits per heavy atom. The van der Waals surface area contributed by atoms with Crippen LogP contribution in [0.5, 0.6) is 0 Å². The van der Waals surface area contributed by atoms with E-state index in [1.807, 2.05) is 60.7 Å². The van der Waals surface area contributed by atoms with E-state index < -0.39 is 30.1 Å². The van der Waals surface area contributed by atoms with Crippen molar-refractivity contribution in [2.24, 2.45) is 0 Å². The van der Waals surface area contributed by atoms with Gasteiger partial charge in [0.05, 0.1) is 0 Å². The number of unbranched alkanes of at least 4 members (excludes halogenated alkanes) is 1. The van der Waals surface area contributed by atoms with Gasteiger partial charge in [0.2, 0.25) is 5.91 Å². The summed E-state index contributed by atoms with van der Waals surface area (Å²) in [5.74, 6) is -1.70. The van der Waals surface area contributed by atoms with E-state index in [0.29, 0.717) is 12.8 Å². The van der Waals surface area contributed by atoms with Crippen molar-refractivity contribution < 1.29 is 24.2 Å². The van der Waals surface area contributed by atoms with Gasteiger partial charge in [0, 0.05) is 6.42 Å². The summed E-state index contributed by atoms with van der Waals surface area (Å²) in [6, 6.07) is 16.3. The molecule has 7 nitrogen and oxygen atoms in total. The van der Waals surface area contributed by atoms with Crippen molar-refractivity contribution in [2.75, 3.05) is 0 Å². The molecule has 7 heteroatoms. The Kier molecular flexibility index (Phi) is 9.81. The Morgan fingerprint density at radius 1 is 0.935 bits per heavy atom. The van der Waals surface area contributed by atoms with Crippen molar-refractivity contribution in [3.8, 4) is 0 Å². The van der Waals surface area contributed by atoms with Crippen LogP contribution in [-0.4, -0.2) is 35.2 Å². The van der Waals surface area contributed by atoms with Gasteiger partial charge in [0.1, 0.15) is 18.7 Å². The van der Waals surface area contributed by atoms with Crippen LogP contribution in [0.1, 0.15) is 30.4 Å². The molecule has 2 aromatic rings. The van der Waals surface area contributed by atoms with Gasteiger partial charge in [-0.05, 0) is 30.4 Å². The minimum absolute atomic E-state index is 0.0612. The number of carbonyl (C=O) groups excluding carboxylic acids is 2. The molecule has 3 N–H and O–H groups in total. The molecule has 0 aliphatic carbocycles. The maximum absolute atomic E-state index is 12.8. The van der Waals surface area contributed by atoms with Crippen LogP contribution in [0.25, 0.3) is 0 Å². The van der Waals surface area contributed by atoms with Gasteiger partial charge in [-0.2, -0.15) is 0 Å². The molecule has 0 saturated carbocycles. The first-order chi connectivity index (χ1) is 15.0. The molecule has 2 atom stereocenters. The maximum Gasteiger partial charge on any atom is 0.408 e. The van der Waals surface area contributed by atoms with Crippen molar-refractivity contribution >= 4 is 18.0 Å². The molecule has 0 radical (unpaired) electrons. The van der Waals surface area contributed by atoms with Crippen LogP contribution >= 0.6 is 0 Å². The third-order valence-electron chi connectivity index (χ3n) is 4.62. The number of ether oxygens (including phenoxy) is 1. The minimum Gasteiger partial charge on any atom is -0.480 e. The molecule has 164 valence electrons. The lowest BCUT2D eigenvalue weighted by atomic mass is 10.0. The lowest BCUT2D eigenvalue weighted by molar-refractivity contribution is -0.142. The molecule has 0 spiro atoms. The molecule has 0 aliphatic heterocycles. The second-order valence-corrected chi connectivity index (χ2v) is 7.07. The highest BCUT2D eigenvalue weighted by atomic mass is 16.5. The number of rotatable bonds is 12. The van der Waals surface area contributed by atoms with E-state index >= 15 is 0 Å². The first kappa shape index (κ1) is 23.7. The van der Waals surface area contributed by atoms with Crippen LogP contribution in [-0.2, 0) is 27.4 Å². The highest BCUT2D eigenvalue weighted by molar-refractivity contribution is 5.89. The number of alkyl carbamates (subject to hydrolysis) is 1. The lowest BCUT2D eigenvalue weighted by Gasteiger charge is -2.21. The van der Waals surface area contributed by atoms with Gasteiger partial charge in [-0.25, -0.2) is 9.59 Å². The summed E-state index contributed by atoms with van der Waals surface area (Å²) in [4.78, 5) is 36.7. The average Bonchev–Trinajstić information content (AvgIpc) is 2.78. The molecule has 0 fully saturated rings. The molecular weight excluding hydrogens is 396 g/mol. The number of allylic oxidation sites excluding steroid dienone is 1. The SMILES string of the molecule is C=CCCC[C@H](NC(=O)[C@H](Cc1ccccc1)NC(=O)OCc1ccccc1)C(=O)O. The number of hydrogen-bond donors (Lipinski definition) is 3. The molecule has 0 aliphatic rings. The normalized spacial score (nSPS) is 12.3. The van der Waals surface area contributed by atoms with Crippen LogP contribution in [0.15, 0.2) is 73.3 Å². The number of nitrogens with one attached hydrogen (secondary N) is 2.